The Balaban J connectivity index is 2.89. The highest BCUT2D eigenvalue weighted by Crippen LogP contribution is 2.23. The van der Waals surface area contributed by atoms with Crippen LogP contribution in [0.2, 0.25) is 0 Å². The quantitative estimate of drug-likeness (QED) is 0.802. The Bertz CT molecular complexity index is 278. The number of nitrogens with two attached hydrogens (primary N) is 1. The zero-order valence-electron chi connectivity index (χ0n) is 9.57. The molecule has 0 aromatic carbocycles. The predicted molar refractivity (Wildman–Crippen MR) is 59.0 cm³/mol. The van der Waals surface area contributed by atoms with Gasteiger partial charge in [-0.15, -0.1) is 0 Å². The average molecular weight is 195 g/mol. The summed E-state index contributed by atoms with van der Waals surface area (Å²) in [6.45, 7) is 8.69. The van der Waals surface area contributed by atoms with Crippen LogP contribution in [0.1, 0.15) is 51.9 Å². The minimum absolute atomic E-state index is 0.0593. The van der Waals surface area contributed by atoms with Crippen LogP contribution in [0.4, 0.5) is 0 Å². The Hall–Kier alpha value is -0.830. The third-order valence-electron chi connectivity index (χ3n) is 3.07. The number of hydrogen-bond acceptors (Lipinski definition) is 2. The van der Waals surface area contributed by atoms with Crippen molar-refractivity contribution in [1.82, 2.24) is 9.55 Å². The smallest absolute Gasteiger partial charge is 0.0951 e. The maximum atomic E-state index is 5.88. The van der Waals surface area contributed by atoms with Gasteiger partial charge < -0.3 is 10.3 Å². The van der Waals surface area contributed by atoms with E-state index >= 15 is 0 Å². The van der Waals surface area contributed by atoms with E-state index in [0.717, 1.165) is 5.69 Å². The van der Waals surface area contributed by atoms with Crippen LogP contribution >= 0.6 is 0 Å². The number of rotatable bonds is 4. The normalized spacial score (nSPS) is 17.8. The molecule has 80 valence electrons. The second-order valence-electron chi connectivity index (χ2n) is 4.14. The molecule has 1 heterocycles. The first-order chi connectivity index (χ1) is 6.57. The molecule has 1 aromatic rings. The summed E-state index contributed by atoms with van der Waals surface area (Å²) in [5.74, 6) is 0.654. The number of imidazole rings is 1. The zero-order chi connectivity index (χ0) is 10.7. The van der Waals surface area contributed by atoms with Gasteiger partial charge in [0.05, 0.1) is 12.0 Å². The number of nitrogens with zero attached hydrogens (tertiary/aromatic N) is 2. The van der Waals surface area contributed by atoms with E-state index in [1.807, 2.05) is 19.4 Å². The lowest BCUT2D eigenvalue weighted by Crippen LogP contribution is -2.18. The van der Waals surface area contributed by atoms with Gasteiger partial charge in [0.1, 0.15) is 0 Å². The highest BCUT2D eigenvalue weighted by molar-refractivity contribution is 5.04. The number of aromatic nitrogens is 2. The third kappa shape index (κ3) is 2.15. The summed E-state index contributed by atoms with van der Waals surface area (Å²) in [7, 11) is 0. The van der Waals surface area contributed by atoms with Crippen molar-refractivity contribution >= 4 is 0 Å². The summed E-state index contributed by atoms with van der Waals surface area (Å²) in [6.07, 6.45) is 4.93. The summed E-state index contributed by atoms with van der Waals surface area (Å²) in [4.78, 5) is 4.16. The summed E-state index contributed by atoms with van der Waals surface area (Å²) in [5.41, 5.74) is 7.00. The van der Waals surface area contributed by atoms with Crippen LogP contribution in [0.15, 0.2) is 12.5 Å². The number of hydrogen-bond donors (Lipinski definition) is 1. The molecular formula is C11H21N3. The van der Waals surface area contributed by atoms with E-state index in [4.69, 9.17) is 5.73 Å². The Morgan fingerprint density at radius 3 is 2.57 bits per heavy atom. The maximum Gasteiger partial charge on any atom is 0.0951 e. The van der Waals surface area contributed by atoms with E-state index in [1.54, 1.807) is 0 Å². The fraction of sp³-hybridized carbons (Fsp3) is 0.727. The standard InChI is InChI=1S/C11H21N3/c1-5-8(2)10(4)14-7-13-6-11(14)9(3)12/h6-10H,5,12H2,1-4H3/t8?,9-,10?/m1/s1. The molecule has 0 aliphatic heterocycles. The molecular weight excluding hydrogens is 174 g/mol. The fourth-order valence-corrected chi connectivity index (χ4v) is 1.62. The molecule has 0 saturated carbocycles. The summed E-state index contributed by atoms with van der Waals surface area (Å²) < 4.78 is 2.19. The van der Waals surface area contributed by atoms with E-state index < -0.39 is 0 Å². The molecule has 0 radical (unpaired) electrons. The SMILES string of the molecule is CCC(C)C(C)n1cncc1[C@@H](C)N. The highest BCUT2D eigenvalue weighted by atomic mass is 15.1. The van der Waals surface area contributed by atoms with Gasteiger partial charge in [0.15, 0.2) is 0 Å². The van der Waals surface area contributed by atoms with Gasteiger partial charge in [-0.05, 0) is 19.8 Å². The van der Waals surface area contributed by atoms with Crippen molar-refractivity contribution in [3.8, 4) is 0 Å². The molecule has 2 N–H and O–H groups in total. The van der Waals surface area contributed by atoms with Crippen LogP contribution in [0.3, 0.4) is 0 Å². The molecule has 3 atom stereocenters. The van der Waals surface area contributed by atoms with Crippen molar-refractivity contribution in [3.05, 3.63) is 18.2 Å². The molecule has 14 heavy (non-hydrogen) atoms. The summed E-state index contributed by atoms with van der Waals surface area (Å²) >= 11 is 0. The Labute approximate surface area is 86.3 Å². The van der Waals surface area contributed by atoms with Gasteiger partial charge in [-0.2, -0.15) is 0 Å². The van der Waals surface area contributed by atoms with E-state index in [2.05, 4.69) is 30.3 Å². The minimum Gasteiger partial charge on any atom is -0.330 e. The van der Waals surface area contributed by atoms with Crippen molar-refractivity contribution in [2.24, 2.45) is 11.7 Å². The molecule has 0 amide bonds. The first-order valence-electron chi connectivity index (χ1n) is 5.35. The molecule has 1 rings (SSSR count). The summed E-state index contributed by atoms with van der Waals surface area (Å²) in [6, 6.07) is 0.535. The summed E-state index contributed by atoms with van der Waals surface area (Å²) in [5, 5.41) is 0. The Kier molecular flexibility index (Phi) is 3.69. The Morgan fingerprint density at radius 1 is 1.43 bits per heavy atom. The molecule has 0 aliphatic carbocycles. The molecule has 0 fully saturated rings. The molecule has 0 spiro atoms. The average Bonchev–Trinajstić information content (AvgIpc) is 2.63. The van der Waals surface area contributed by atoms with Crippen LogP contribution in [0.5, 0.6) is 0 Å². The third-order valence-corrected chi connectivity index (χ3v) is 3.07. The molecule has 1 aromatic heterocycles. The molecule has 3 nitrogen and oxygen atoms in total. The lowest BCUT2D eigenvalue weighted by Gasteiger charge is -2.23. The predicted octanol–water partition coefficient (Wildman–Crippen LogP) is 2.51. The van der Waals surface area contributed by atoms with Crippen molar-refractivity contribution in [2.75, 3.05) is 0 Å². The monoisotopic (exact) mass is 195 g/mol. The highest BCUT2D eigenvalue weighted by Gasteiger charge is 2.16. The van der Waals surface area contributed by atoms with Gasteiger partial charge in [0, 0.05) is 18.3 Å². The van der Waals surface area contributed by atoms with Gasteiger partial charge in [-0.25, -0.2) is 4.98 Å². The van der Waals surface area contributed by atoms with Gasteiger partial charge in [0.25, 0.3) is 0 Å². The Morgan fingerprint density at radius 2 is 2.07 bits per heavy atom. The first-order valence-corrected chi connectivity index (χ1v) is 5.35. The molecule has 3 heteroatoms. The maximum absolute atomic E-state index is 5.88. The fourth-order valence-electron chi connectivity index (χ4n) is 1.62. The lowest BCUT2D eigenvalue weighted by atomic mass is 10.0. The van der Waals surface area contributed by atoms with E-state index in [0.29, 0.717) is 12.0 Å². The molecule has 0 bridgehead atoms. The molecule has 0 saturated heterocycles. The first kappa shape index (κ1) is 11.2. The second kappa shape index (κ2) is 4.60. The van der Waals surface area contributed by atoms with E-state index in [1.165, 1.54) is 6.42 Å². The van der Waals surface area contributed by atoms with E-state index in [9.17, 15) is 0 Å². The van der Waals surface area contributed by atoms with E-state index in [-0.39, 0.29) is 6.04 Å². The van der Waals surface area contributed by atoms with Crippen molar-refractivity contribution < 1.29 is 0 Å². The molecule has 0 aliphatic rings. The van der Waals surface area contributed by atoms with Crippen LogP contribution in [-0.2, 0) is 0 Å². The lowest BCUT2D eigenvalue weighted by molar-refractivity contribution is 0.358. The van der Waals surface area contributed by atoms with Crippen molar-refractivity contribution in [1.29, 1.82) is 0 Å². The molecule has 2 unspecified atom stereocenters. The van der Waals surface area contributed by atoms with Crippen LogP contribution in [0.25, 0.3) is 0 Å². The topological polar surface area (TPSA) is 43.8 Å². The van der Waals surface area contributed by atoms with Crippen LogP contribution in [-0.4, -0.2) is 9.55 Å². The van der Waals surface area contributed by atoms with Crippen LogP contribution < -0.4 is 5.73 Å². The van der Waals surface area contributed by atoms with Gasteiger partial charge in [-0.1, -0.05) is 20.3 Å². The van der Waals surface area contributed by atoms with Gasteiger partial charge in [0.2, 0.25) is 0 Å². The van der Waals surface area contributed by atoms with Crippen LogP contribution in [0, 0.1) is 5.92 Å². The second-order valence-corrected chi connectivity index (χ2v) is 4.14. The van der Waals surface area contributed by atoms with Crippen molar-refractivity contribution in [2.45, 2.75) is 46.2 Å². The largest absolute Gasteiger partial charge is 0.330 e. The van der Waals surface area contributed by atoms with Gasteiger partial charge >= 0.3 is 0 Å². The zero-order valence-corrected chi connectivity index (χ0v) is 9.57. The van der Waals surface area contributed by atoms with Crippen molar-refractivity contribution in [3.63, 3.8) is 0 Å². The van der Waals surface area contributed by atoms with Gasteiger partial charge in [-0.3, -0.25) is 0 Å². The minimum atomic E-state index is 0.0593.